The molecule has 0 saturated carbocycles. The van der Waals surface area contributed by atoms with Crippen LogP contribution in [0.5, 0.6) is 0 Å². The lowest BCUT2D eigenvalue weighted by Gasteiger charge is -2.24. The van der Waals surface area contributed by atoms with Gasteiger partial charge in [-0.15, -0.1) is 0 Å². The van der Waals surface area contributed by atoms with Gasteiger partial charge in [-0.2, -0.15) is 0 Å². The molecule has 0 aromatic carbocycles. The van der Waals surface area contributed by atoms with Gasteiger partial charge in [0, 0.05) is 31.0 Å². The molecule has 13 heavy (non-hydrogen) atoms. The summed E-state index contributed by atoms with van der Waals surface area (Å²) >= 11 is 0. The molecular weight excluding hydrogens is 162 g/mol. The number of nitrogen functional groups attached to an aromatic ring is 1. The van der Waals surface area contributed by atoms with Gasteiger partial charge in [-0.3, -0.25) is 0 Å². The monoisotopic (exact) mass is 179 g/mol. The molecule has 1 atom stereocenters. The highest BCUT2D eigenvalue weighted by atomic mass is 15.2. The van der Waals surface area contributed by atoms with Crippen LogP contribution < -0.4 is 10.6 Å². The minimum Gasteiger partial charge on any atom is -0.399 e. The van der Waals surface area contributed by atoms with Gasteiger partial charge in [0.1, 0.15) is 5.82 Å². The Hall–Kier alpha value is -1.25. The lowest BCUT2D eigenvalue weighted by atomic mass is 10.2. The number of hydrogen-bond acceptors (Lipinski definition) is 3. The number of anilines is 2. The first-order valence-electron chi connectivity index (χ1n) is 4.59. The van der Waals surface area contributed by atoms with Gasteiger partial charge >= 0.3 is 0 Å². The average Bonchev–Trinajstić information content (AvgIpc) is 2.15. The number of hydrogen-bond donors (Lipinski definition) is 1. The highest BCUT2D eigenvalue weighted by Gasteiger charge is 2.08. The maximum atomic E-state index is 5.67. The number of nitrogens with two attached hydrogens (primary N) is 1. The molecule has 1 aromatic rings. The van der Waals surface area contributed by atoms with Gasteiger partial charge in [-0.1, -0.05) is 6.92 Å². The molecule has 0 radical (unpaired) electrons. The predicted octanol–water partition coefficient (Wildman–Crippen LogP) is 1.90. The maximum absolute atomic E-state index is 5.67. The predicted molar refractivity (Wildman–Crippen MR) is 56.8 cm³/mol. The molecule has 0 aliphatic rings. The van der Waals surface area contributed by atoms with Crippen molar-refractivity contribution < 1.29 is 0 Å². The van der Waals surface area contributed by atoms with E-state index in [2.05, 4.69) is 23.7 Å². The Labute approximate surface area is 79.6 Å². The molecule has 2 N–H and O–H groups in total. The third kappa shape index (κ3) is 2.34. The molecule has 0 aliphatic carbocycles. The van der Waals surface area contributed by atoms with Crippen LogP contribution in [0.4, 0.5) is 11.5 Å². The Kier molecular flexibility index (Phi) is 3.12. The topological polar surface area (TPSA) is 42.1 Å². The minimum atomic E-state index is 0.495. The third-order valence-electron chi connectivity index (χ3n) is 2.38. The van der Waals surface area contributed by atoms with Crippen LogP contribution in [0, 0.1) is 0 Å². The van der Waals surface area contributed by atoms with Gasteiger partial charge in [0.25, 0.3) is 0 Å². The van der Waals surface area contributed by atoms with E-state index >= 15 is 0 Å². The molecule has 72 valence electrons. The largest absolute Gasteiger partial charge is 0.399 e. The lowest BCUT2D eigenvalue weighted by molar-refractivity contribution is 0.657. The Balaban J connectivity index is 2.82. The van der Waals surface area contributed by atoms with Crippen LogP contribution in [-0.4, -0.2) is 18.1 Å². The van der Waals surface area contributed by atoms with E-state index in [0.717, 1.165) is 17.9 Å². The second-order valence-electron chi connectivity index (χ2n) is 3.32. The molecule has 0 aliphatic heterocycles. The van der Waals surface area contributed by atoms with Gasteiger partial charge in [-0.05, 0) is 19.4 Å². The summed E-state index contributed by atoms with van der Waals surface area (Å²) in [6, 6.07) is 4.19. The summed E-state index contributed by atoms with van der Waals surface area (Å²) in [4.78, 5) is 6.39. The van der Waals surface area contributed by atoms with E-state index in [9.17, 15) is 0 Å². The highest BCUT2D eigenvalue weighted by molar-refractivity contribution is 5.50. The summed E-state index contributed by atoms with van der Waals surface area (Å²) in [5, 5.41) is 0. The summed E-state index contributed by atoms with van der Waals surface area (Å²) in [7, 11) is 2.04. The summed E-state index contributed by atoms with van der Waals surface area (Å²) in [5.74, 6) is 0.939. The number of rotatable bonds is 3. The molecular formula is C10H17N3. The zero-order valence-electron chi connectivity index (χ0n) is 8.49. The van der Waals surface area contributed by atoms with E-state index in [1.807, 2.05) is 13.1 Å². The van der Waals surface area contributed by atoms with Crippen LogP contribution in [0.3, 0.4) is 0 Å². The summed E-state index contributed by atoms with van der Waals surface area (Å²) < 4.78 is 0. The quantitative estimate of drug-likeness (QED) is 0.770. The fraction of sp³-hybridized carbons (Fsp3) is 0.500. The zero-order chi connectivity index (χ0) is 9.84. The molecule has 1 heterocycles. The molecule has 1 unspecified atom stereocenters. The number of aromatic nitrogens is 1. The number of nitrogens with zero attached hydrogens (tertiary/aromatic N) is 2. The lowest BCUT2D eigenvalue weighted by Crippen LogP contribution is -2.28. The van der Waals surface area contributed by atoms with Crippen molar-refractivity contribution in [2.75, 3.05) is 17.7 Å². The van der Waals surface area contributed by atoms with Crippen molar-refractivity contribution in [3.63, 3.8) is 0 Å². The molecule has 1 aromatic heterocycles. The molecule has 3 heteroatoms. The Morgan fingerprint density at radius 2 is 2.31 bits per heavy atom. The fourth-order valence-corrected chi connectivity index (χ4v) is 1.13. The van der Waals surface area contributed by atoms with Crippen LogP contribution in [0.2, 0.25) is 0 Å². The molecule has 3 nitrogen and oxygen atoms in total. The van der Waals surface area contributed by atoms with Gasteiger partial charge < -0.3 is 10.6 Å². The van der Waals surface area contributed by atoms with Crippen molar-refractivity contribution in [3.05, 3.63) is 18.3 Å². The van der Waals surface area contributed by atoms with Crippen LogP contribution in [0.15, 0.2) is 18.3 Å². The smallest absolute Gasteiger partial charge is 0.130 e. The van der Waals surface area contributed by atoms with E-state index in [1.165, 1.54) is 0 Å². The van der Waals surface area contributed by atoms with E-state index < -0.39 is 0 Å². The van der Waals surface area contributed by atoms with E-state index in [1.54, 1.807) is 12.3 Å². The van der Waals surface area contributed by atoms with E-state index in [0.29, 0.717) is 6.04 Å². The Morgan fingerprint density at radius 1 is 1.62 bits per heavy atom. The average molecular weight is 179 g/mol. The SMILES string of the molecule is CCC(C)N(C)c1cc(N)ccn1. The normalized spacial score (nSPS) is 12.5. The van der Waals surface area contributed by atoms with Gasteiger partial charge in [-0.25, -0.2) is 4.98 Å². The van der Waals surface area contributed by atoms with Crippen LogP contribution in [-0.2, 0) is 0 Å². The highest BCUT2D eigenvalue weighted by Crippen LogP contribution is 2.15. The second kappa shape index (κ2) is 4.12. The standard InChI is InChI=1S/C10H17N3/c1-4-8(2)13(3)10-7-9(11)5-6-12-10/h5-8H,4H2,1-3H3,(H2,11,12). The molecule has 0 saturated heterocycles. The molecule has 0 amide bonds. The zero-order valence-corrected chi connectivity index (χ0v) is 8.49. The molecule has 0 bridgehead atoms. The van der Waals surface area contributed by atoms with Crippen molar-refractivity contribution in [2.45, 2.75) is 26.3 Å². The molecule has 0 spiro atoms. The van der Waals surface area contributed by atoms with Crippen molar-refractivity contribution in [1.29, 1.82) is 0 Å². The summed E-state index contributed by atoms with van der Waals surface area (Å²) in [6.45, 7) is 4.33. The first-order chi connectivity index (χ1) is 6.15. The van der Waals surface area contributed by atoms with Gasteiger partial charge in [0.15, 0.2) is 0 Å². The fourth-order valence-electron chi connectivity index (χ4n) is 1.13. The molecule has 0 fully saturated rings. The summed E-state index contributed by atoms with van der Waals surface area (Å²) in [5.41, 5.74) is 6.44. The van der Waals surface area contributed by atoms with Crippen molar-refractivity contribution in [2.24, 2.45) is 0 Å². The van der Waals surface area contributed by atoms with Crippen molar-refractivity contribution in [1.82, 2.24) is 4.98 Å². The van der Waals surface area contributed by atoms with E-state index in [-0.39, 0.29) is 0 Å². The van der Waals surface area contributed by atoms with Crippen LogP contribution in [0.1, 0.15) is 20.3 Å². The Bertz CT molecular complexity index is 273. The number of pyridine rings is 1. The maximum Gasteiger partial charge on any atom is 0.130 e. The molecule has 1 rings (SSSR count). The third-order valence-corrected chi connectivity index (χ3v) is 2.38. The van der Waals surface area contributed by atoms with E-state index in [4.69, 9.17) is 5.73 Å². The van der Waals surface area contributed by atoms with Gasteiger partial charge in [0.05, 0.1) is 0 Å². The van der Waals surface area contributed by atoms with Gasteiger partial charge in [0.2, 0.25) is 0 Å². The van der Waals surface area contributed by atoms with Crippen LogP contribution in [0.25, 0.3) is 0 Å². The first-order valence-corrected chi connectivity index (χ1v) is 4.59. The Morgan fingerprint density at radius 3 is 2.85 bits per heavy atom. The van der Waals surface area contributed by atoms with Crippen molar-refractivity contribution in [3.8, 4) is 0 Å². The first kappa shape index (κ1) is 9.84. The minimum absolute atomic E-state index is 0.495. The summed E-state index contributed by atoms with van der Waals surface area (Å²) in [6.07, 6.45) is 2.84. The second-order valence-corrected chi connectivity index (χ2v) is 3.32. The van der Waals surface area contributed by atoms with Crippen molar-refractivity contribution >= 4 is 11.5 Å². The van der Waals surface area contributed by atoms with Crippen LogP contribution >= 0.6 is 0 Å².